The summed E-state index contributed by atoms with van der Waals surface area (Å²) in [5.41, 5.74) is 1.51. The van der Waals surface area contributed by atoms with E-state index in [-0.39, 0.29) is 18.3 Å². The summed E-state index contributed by atoms with van der Waals surface area (Å²) in [7, 11) is 0. The molecule has 30 heavy (non-hydrogen) atoms. The van der Waals surface area contributed by atoms with Gasteiger partial charge in [0.15, 0.2) is 11.0 Å². The highest BCUT2D eigenvalue weighted by Crippen LogP contribution is 2.30. The number of amides is 1. The van der Waals surface area contributed by atoms with Crippen LogP contribution in [0, 0.1) is 6.92 Å². The van der Waals surface area contributed by atoms with Crippen molar-refractivity contribution >= 4 is 46.6 Å². The van der Waals surface area contributed by atoms with Crippen molar-refractivity contribution in [3.63, 3.8) is 0 Å². The number of anilines is 1. The number of hydrogen-bond acceptors (Lipinski definition) is 5. The van der Waals surface area contributed by atoms with Crippen LogP contribution in [-0.2, 0) is 17.9 Å². The van der Waals surface area contributed by atoms with Gasteiger partial charge in [0, 0.05) is 6.54 Å². The van der Waals surface area contributed by atoms with Crippen LogP contribution in [0.1, 0.15) is 11.4 Å². The van der Waals surface area contributed by atoms with E-state index in [1.165, 1.54) is 11.8 Å². The van der Waals surface area contributed by atoms with E-state index in [1.807, 2.05) is 35.8 Å². The van der Waals surface area contributed by atoms with Crippen molar-refractivity contribution in [2.75, 3.05) is 11.1 Å². The maximum Gasteiger partial charge on any atom is 0.234 e. The molecular weight excluding hydrogens is 443 g/mol. The number of hydrogen-bond donors (Lipinski definition) is 1. The Morgan fingerprint density at radius 2 is 2.03 bits per heavy atom. The topological polar surface area (TPSA) is 69.0 Å². The van der Waals surface area contributed by atoms with E-state index in [4.69, 9.17) is 27.9 Å². The molecule has 0 aliphatic heterocycles. The smallest absolute Gasteiger partial charge is 0.234 e. The highest BCUT2D eigenvalue weighted by Gasteiger charge is 2.15. The summed E-state index contributed by atoms with van der Waals surface area (Å²) >= 11 is 13.4. The summed E-state index contributed by atoms with van der Waals surface area (Å²) in [6.45, 7) is 6.53. The SMILES string of the molecule is C=CCn1c(COc2ccccc2C)nnc1SCC(=O)Nc1cccc(Cl)c1Cl. The number of carbonyl (C=O) groups is 1. The number of allylic oxidation sites excluding steroid dienone is 1. The lowest BCUT2D eigenvalue weighted by Gasteiger charge is -2.11. The minimum absolute atomic E-state index is 0.136. The standard InChI is InChI=1S/C21H20Cl2N4O2S/c1-3-11-27-18(12-29-17-10-5-4-7-14(17)2)25-26-21(27)30-13-19(28)24-16-9-6-8-15(22)20(16)23/h3-10H,1,11-13H2,2H3,(H,24,28). The molecule has 0 fully saturated rings. The Morgan fingerprint density at radius 3 is 2.80 bits per heavy atom. The Kier molecular flexibility index (Phi) is 7.79. The molecule has 3 aromatic rings. The highest BCUT2D eigenvalue weighted by molar-refractivity contribution is 7.99. The minimum Gasteiger partial charge on any atom is -0.485 e. The van der Waals surface area contributed by atoms with E-state index in [2.05, 4.69) is 22.1 Å². The summed E-state index contributed by atoms with van der Waals surface area (Å²) < 4.78 is 7.75. The quantitative estimate of drug-likeness (QED) is 0.341. The van der Waals surface area contributed by atoms with Crippen LogP contribution in [0.4, 0.5) is 5.69 Å². The molecule has 0 aliphatic rings. The minimum atomic E-state index is -0.227. The number of aromatic nitrogens is 3. The normalized spacial score (nSPS) is 10.6. The van der Waals surface area contributed by atoms with Crippen molar-refractivity contribution < 1.29 is 9.53 Å². The molecule has 0 saturated carbocycles. The van der Waals surface area contributed by atoms with Gasteiger partial charge in [-0.1, -0.05) is 65.3 Å². The van der Waals surface area contributed by atoms with Crippen molar-refractivity contribution in [2.45, 2.75) is 25.2 Å². The third-order valence-corrected chi connectivity index (χ3v) is 5.90. The van der Waals surface area contributed by atoms with Gasteiger partial charge in [-0.2, -0.15) is 0 Å². The molecule has 0 aliphatic carbocycles. The lowest BCUT2D eigenvalue weighted by atomic mass is 10.2. The largest absolute Gasteiger partial charge is 0.485 e. The van der Waals surface area contributed by atoms with Crippen LogP contribution in [0.3, 0.4) is 0 Å². The molecule has 9 heteroatoms. The maximum absolute atomic E-state index is 12.3. The van der Waals surface area contributed by atoms with Crippen molar-refractivity contribution in [3.8, 4) is 5.75 Å². The molecule has 6 nitrogen and oxygen atoms in total. The molecule has 1 heterocycles. The average molecular weight is 463 g/mol. The number of nitrogens with one attached hydrogen (secondary N) is 1. The average Bonchev–Trinajstić information content (AvgIpc) is 3.11. The molecule has 0 unspecified atom stereocenters. The van der Waals surface area contributed by atoms with Crippen LogP contribution in [0.25, 0.3) is 0 Å². The van der Waals surface area contributed by atoms with Gasteiger partial charge < -0.3 is 10.1 Å². The molecule has 3 rings (SSSR count). The zero-order valence-corrected chi connectivity index (χ0v) is 18.6. The Labute approximate surface area is 189 Å². The summed E-state index contributed by atoms with van der Waals surface area (Å²) in [5.74, 6) is 1.35. The number of nitrogens with zero attached hydrogens (tertiary/aromatic N) is 3. The number of ether oxygens (including phenoxy) is 1. The Morgan fingerprint density at radius 1 is 1.23 bits per heavy atom. The van der Waals surface area contributed by atoms with Crippen LogP contribution in [-0.4, -0.2) is 26.4 Å². The molecule has 0 saturated heterocycles. The number of rotatable bonds is 9. The molecule has 1 aromatic heterocycles. The number of thioether (sulfide) groups is 1. The van der Waals surface area contributed by atoms with Crippen molar-refractivity contribution in [2.24, 2.45) is 0 Å². The van der Waals surface area contributed by atoms with Crippen LogP contribution >= 0.6 is 35.0 Å². The van der Waals surface area contributed by atoms with Crippen molar-refractivity contribution in [1.82, 2.24) is 14.8 Å². The van der Waals surface area contributed by atoms with Gasteiger partial charge in [0.2, 0.25) is 5.91 Å². The first-order valence-electron chi connectivity index (χ1n) is 9.07. The maximum atomic E-state index is 12.3. The Bertz CT molecular complexity index is 1060. The zero-order chi connectivity index (χ0) is 21.5. The van der Waals surface area contributed by atoms with Gasteiger partial charge >= 0.3 is 0 Å². The molecule has 1 N–H and O–H groups in total. The van der Waals surface area contributed by atoms with E-state index in [9.17, 15) is 4.79 Å². The van der Waals surface area contributed by atoms with Crippen LogP contribution in [0.2, 0.25) is 10.0 Å². The fourth-order valence-corrected chi connectivity index (χ4v) is 3.74. The summed E-state index contributed by atoms with van der Waals surface area (Å²) in [6.07, 6.45) is 1.75. The van der Waals surface area contributed by atoms with Gasteiger partial charge in [-0.15, -0.1) is 16.8 Å². The fourth-order valence-electron chi connectivity index (χ4n) is 2.62. The second-order valence-corrected chi connectivity index (χ2v) is 8.02. The zero-order valence-electron chi connectivity index (χ0n) is 16.3. The van der Waals surface area contributed by atoms with Gasteiger partial charge in [0.1, 0.15) is 12.4 Å². The first-order valence-corrected chi connectivity index (χ1v) is 10.8. The van der Waals surface area contributed by atoms with E-state index in [0.29, 0.717) is 33.3 Å². The molecule has 0 atom stereocenters. The van der Waals surface area contributed by atoms with Gasteiger partial charge in [0.05, 0.1) is 21.5 Å². The van der Waals surface area contributed by atoms with Crippen LogP contribution in [0.5, 0.6) is 5.75 Å². The number of para-hydroxylation sites is 1. The molecule has 2 aromatic carbocycles. The third-order valence-electron chi connectivity index (χ3n) is 4.11. The fraction of sp³-hybridized carbons (Fsp3) is 0.190. The highest BCUT2D eigenvalue weighted by atomic mass is 35.5. The predicted molar refractivity (Wildman–Crippen MR) is 122 cm³/mol. The number of halogens is 2. The molecule has 0 radical (unpaired) electrons. The van der Waals surface area contributed by atoms with Gasteiger partial charge in [-0.25, -0.2) is 0 Å². The number of benzene rings is 2. The first kappa shape index (κ1) is 22.2. The van der Waals surface area contributed by atoms with Gasteiger partial charge in [-0.05, 0) is 30.7 Å². The second kappa shape index (κ2) is 10.5. The monoisotopic (exact) mass is 462 g/mol. The van der Waals surface area contributed by atoms with Crippen LogP contribution < -0.4 is 10.1 Å². The molecule has 0 bridgehead atoms. The van der Waals surface area contributed by atoms with E-state index in [1.54, 1.807) is 24.3 Å². The summed E-state index contributed by atoms with van der Waals surface area (Å²) in [6, 6.07) is 12.8. The molecule has 156 valence electrons. The lowest BCUT2D eigenvalue weighted by molar-refractivity contribution is -0.113. The number of aryl methyl sites for hydroxylation is 1. The molecule has 1 amide bonds. The lowest BCUT2D eigenvalue weighted by Crippen LogP contribution is -2.15. The Balaban J connectivity index is 1.64. The van der Waals surface area contributed by atoms with E-state index < -0.39 is 0 Å². The predicted octanol–water partition coefficient (Wildman–Crippen LogP) is 5.39. The summed E-state index contributed by atoms with van der Waals surface area (Å²) in [5, 5.41) is 12.5. The van der Waals surface area contributed by atoms with Crippen molar-refractivity contribution in [1.29, 1.82) is 0 Å². The van der Waals surface area contributed by atoms with Gasteiger partial charge in [0.25, 0.3) is 0 Å². The molecular formula is C21H20Cl2N4O2S. The molecule has 0 spiro atoms. The first-order chi connectivity index (χ1) is 14.5. The van der Waals surface area contributed by atoms with E-state index >= 15 is 0 Å². The van der Waals surface area contributed by atoms with Crippen LogP contribution in [0.15, 0.2) is 60.3 Å². The van der Waals surface area contributed by atoms with Gasteiger partial charge in [-0.3, -0.25) is 9.36 Å². The van der Waals surface area contributed by atoms with Crippen molar-refractivity contribution in [3.05, 3.63) is 76.6 Å². The second-order valence-electron chi connectivity index (χ2n) is 6.29. The number of carbonyl (C=O) groups excluding carboxylic acids is 1. The van der Waals surface area contributed by atoms with E-state index in [0.717, 1.165) is 11.3 Å². The summed E-state index contributed by atoms with van der Waals surface area (Å²) in [4.78, 5) is 12.3. The Hall–Kier alpha value is -2.48. The third kappa shape index (κ3) is 5.56.